The Balaban J connectivity index is 0.00000148. The zero-order valence-electron chi connectivity index (χ0n) is 25.0. The molecule has 0 saturated heterocycles. The molecule has 45 heavy (non-hydrogen) atoms. The van der Waals surface area contributed by atoms with E-state index in [0.29, 0.717) is 34.3 Å². The highest BCUT2D eigenvalue weighted by Crippen LogP contribution is 2.25. The van der Waals surface area contributed by atoms with Gasteiger partial charge in [-0.3, -0.25) is 24.8 Å². The number of benzene rings is 3. The van der Waals surface area contributed by atoms with Gasteiger partial charge in [-0.15, -0.1) is 0 Å². The maximum Gasteiger partial charge on any atom is 0.290 e. The van der Waals surface area contributed by atoms with E-state index in [4.69, 9.17) is 20.7 Å². The normalized spacial score (nSPS) is 10.8. The molecule has 1 unspecified atom stereocenters. The Bertz CT molecular complexity index is 1830. The molecule has 5 rings (SSSR count). The van der Waals surface area contributed by atoms with E-state index in [-0.39, 0.29) is 18.4 Å². The minimum atomic E-state index is -0.407. The fourth-order valence-corrected chi connectivity index (χ4v) is 4.93. The molecular formula is C36H33N5O4. The zero-order valence-corrected chi connectivity index (χ0v) is 25.0. The van der Waals surface area contributed by atoms with Crippen LogP contribution in [0.25, 0.3) is 22.2 Å². The van der Waals surface area contributed by atoms with Gasteiger partial charge in [-0.05, 0) is 74.4 Å². The van der Waals surface area contributed by atoms with Gasteiger partial charge in [0.15, 0.2) is 0 Å². The first-order valence-electron chi connectivity index (χ1n) is 14.3. The molecule has 0 fully saturated rings. The number of hydrogen-bond acceptors (Lipinski definition) is 6. The Morgan fingerprint density at radius 3 is 2.20 bits per heavy atom. The van der Waals surface area contributed by atoms with Gasteiger partial charge in [0.1, 0.15) is 0 Å². The summed E-state index contributed by atoms with van der Waals surface area (Å²) in [7, 11) is 0. The summed E-state index contributed by atoms with van der Waals surface area (Å²) in [6.07, 6.45) is 4.04. The van der Waals surface area contributed by atoms with Crippen LogP contribution in [0.3, 0.4) is 0 Å². The average Bonchev–Trinajstić information content (AvgIpc) is 3.08. The number of rotatable bonds is 7. The van der Waals surface area contributed by atoms with Gasteiger partial charge < -0.3 is 10.0 Å². The number of fused-ring (bicyclic) bond motifs is 1. The van der Waals surface area contributed by atoms with Crippen molar-refractivity contribution in [3.8, 4) is 23.1 Å². The second-order valence-electron chi connectivity index (χ2n) is 10.1. The van der Waals surface area contributed by atoms with Crippen LogP contribution >= 0.6 is 0 Å². The predicted octanol–water partition coefficient (Wildman–Crippen LogP) is 5.09. The maximum absolute atomic E-state index is 13.2. The summed E-state index contributed by atoms with van der Waals surface area (Å²) < 4.78 is 0. The molecule has 226 valence electrons. The number of hydrogen-bond donors (Lipinski definition) is 3. The third-order valence-electron chi connectivity index (χ3n) is 7.16. The van der Waals surface area contributed by atoms with E-state index in [2.05, 4.69) is 41.3 Å². The fraction of sp³-hybridized carbons (Fsp3) is 0.139. The first-order chi connectivity index (χ1) is 21.9. The topological polar surface area (TPSA) is 139 Å². The van der Waals surface area contributed by atoms with Crippen molar-refractivity contribution in [1.82, 2.24) is 20.3 Å². The Hall–Kier alpha value is -5.85. The van der Waals surface area contributed by atoms with Gasteiger partial charge in [-0.1, -0.05) is 54.3 Å². The lowest BCUT2D eigenvalue weighted by molar-refractivity contribution is -0.122. The predicted molar refractivity (Wildman–Crippen MR) is 174 cm³/mol. The molecule has 9 nitrogen and oxygen atoms in total. The molecule has 0 bridgehead atoms. The lowest BCUT2D eigenvalue weighted by Gasteiger charge is -2.28. The van der Waals surface area contributed by atoms with Gasteiger partial charge >= 0.3 is 0 Å². The Morgan fingerprint density at radius 2 is 1.60 bits per heavy atom. The summed E-state index contributed by atoms with van der Waals surface area (Å²) in [6, 6.07) is 28.9. The molecular weight excluding hydrogens is 566 g/mol. The third-order valence-corrected chi connectivity index (χ3v) is 7.16. The van der Waals surface area contributed by atoms with Crippen LogP contribution in [0.4, 0.5) is 0 Å². The molecule has 0 radical (unpaired) electrons. The largest absolute Gasteiger partial charge is 0.483 e. The quantitative estimate of drug-likeness (QED) is 0.0778. The standard InChI is InChI=1S/C35H31N5O2.CH2O2/c1-3-40(24(2)21-27-7-5-4-6-8-27)35(42)29-17-13-26(14-18-29)10-9-25-11-15-28(16-12-25)33-22-30(34(41)39-36)31-23-37-20-19-32(31)38-33;2-1-3/h4-8,11-20,22-24H,3,21,36H2,1-2H3,(H,39,41);1H,(H,2,3). The van der Waals surface area contributed by atoms with Crippen molar-refractivity contribution in [3.63, 3.8) is 0 Å². The van der Waals surface area contributed by atoms with Crippen molar-refractivity contribution in [2.75, 3.05) is 6.54 Å². The number of nitrogens with zero attached hydrogens (tertiary/aromatic N) is 3. The first kappa shape index (κ1) is 32.1. The van der Waals surface area contributed by atoms with Gasteiger partial charge in [0.05, 0.1) is 16.8 Å². The molecule has 3 aromatic carbocycles. The van der Waals surface area contributed by atoms with Gasteiger partial charge in [0, 0.05) is 52.6 Å². The molecule has 2 aromatic heterocycles. The third kappa shape index (κ3) is 8.16. The van der Waals surface area contributed by atoms with Crippen LogP contribution in [0.5, 0.6) is 0 Å². The summed E-state index contributed by atoms with van der Waals surface area (Å²) in [5.41, 5.74) is 8.24. The fourth-order valence-electron chi connectivity index (χ4n) is 4.93. The van der Waals surface area contributed by atoms with Crippen LogP contribution in [-0.4, -0.2) is 50.8 Å². The number of amides is 2. The Morgan fingerprint density at radius 1 is 0.978 bits per heavy atom. The Kier molecular flexibility index (Phi) is 11.1. The SMILES string of the molecule is CCN(C(=O)c1ccc(C#Cc2ccc(-c3cc(C(=O)NN)c4cnccc4n3)cc2)cc1)C(C)Cc1ccccc1.O=CO. The van der Waals surface area contributed by atoms with Crippen molar-refractivity contribution >= 4 is 29.2 Å². The van der Waals surface area contributed by atoms with Gasteiger partial charge in [0.25, 0.3) is 18.3 Å². The number of carbonyl (C=O) groups excluding carboxylic acids is 2. The molecule has 4 N–H and O–H groups in total. The van der Waals surface area contributed by atoms with Crippen LogP contribution in [0.1, 0.15) is 51.3 Å². The summed E-state index contributed by atoms with van der Waals surface area (Å²) >= 11 is 0. The smallest absolute Gasteiger partial charge is 0.290 e. The lowest BCUT2D eigenvalue weighted by Crippen LogP contribution is -2.39. The van der Waals surface area contributed by atoms with Crippen LogP contribution in [0.2, 0.25) is 0 Å². The van der Waals surface area contributed by atoms with E-state index in [9.17, 15) is 9.59 Å². The van der Waals surface area contributed by atoms with Crippen LogP contribution in [-0.2, 0) is 11.2 Å². The highest BCUT2D eigenvalue weighted by molar-refractivity contribution is 6.06. The molecule has 0 spiro atoms. The number of nitrogens with one attached hydrogen (secondary N) is 1. The maximum atomic E-state index is 13.2. The number of nitrogens with two attached hydrogens (primary N) is 1. The van der Waals surface area contributed by atoms with Crippen molar-refractivity contribution in [3.05, 3.63) is 131 Å². The number of carbonyl (C=O) groups is 3. The van der Waals surface area contributed by atoms with E-state index < -0.39 is 5.91 Å². The van der Waals surface area contributed by atoms with Crippen LogP contribution in [0, 0.1) is 11.8 Å². The minimum absolute atomic E-state index is 0.0155. The minimum Gasteiger partial charge on any atom is -0.483 e. The molecule has 5 aromatic rings. The van der Waals surface area contributed by atoms with E-state index in [1.54, 1.807) is 24.5 Å². The molecule has 0 aliphatic rings. The van der Waals surface area contributed by atoms with Crippen molar-refractivity contribution < 1.29 is 19.5 Å². The van der Waals surface area contributed by atoms with Crippen LogP contribution in [0.15, 0.2) is 103 Å². The summed E-state index contributed by atoms with van der Waals surface area (Å²) in [6.45, 7) is 4.48. The highest BCUT2D eigenvalue weighted by atomic mass is 16.3. The molecule has 0 saturated carbocycles. The van der Waals surface area contributed by atoms with E-state index >= 15 is 0 Å². The summed E-state index contributed by atoms with van der Waals surface area (Å²) in [5, 5.41) is 7.52. The van der Waals surface area contributed by atoms with Gasteiger partial charge in [0.2, 0.25) is 0 Å². The summed E-state index contributed by atoms with van der Waals surface area (Å²) in [5.74, 6) is 11.4. The number of carboxylic acid groups (broad SMARTS) is 1. The lowest BCUT2D eigenvalue weighted by atomic mass is 10.0. The molecule has 0 aliphatic carbocycles. The molecule has 2 amide bonds. The Labute approximate surface area is 261 Å². The van der Waals surface area contributed by atoms with Crippen molar-refractivity contribution in [2.45, 2.75) is 26.3 Å². The number of hydrazine groups is 1. The number of nitrogen functional groups attached to an aromatic ring is 1. The molecule has 0 aliphatic heterocycles. The van der Waals surface area contributed by atoms with E-state index in [1.807, 2.05) is 78.6 Å². The number of pyridine rings is 2. The van der Waals surface area contributed by atoms with Gasteiger partial charge in [-0.2, -0.15) is 0 Å². The second kappa shape index (κ2) is 15.6. The van der Waals surface area contributed by atoms with Crippen molar-refractivity contribution in [2.24, 2.45) is 5.84 Å². The summed E-state index contributed by atoms with van der Waals surface area (Å²) in [4.78, 5) is 44.7. The van der Waals surface area contributed by atoms with Gasteiger partial charge in [-0.25, -0.2) is 10.8 Å². The van der Waals surface area contributed by atoms with Crippen LogP contribution < -0.4 is 11.3 Å². The molecule has 9 heteroatoms. The average molecular weight is 600 g/mol. The second-order valence-corrected chi connectivity index (χ2v) is 10.1. The highest BCUT2D eigenvalue weighted by Gasteiger charge is 2.20. The molecule has 1 atom stereocenters. The van der Waals surface area contributed by atoms with E-state index in [1.165, 1.54) is 5.56 Å². The molecule has 2 heterocycles. The number of aromatic nitrogens is 2. The monoisotopic (exact) mass is 599 g/mol. The van der Waals surface area contributed by atoms with Crippen molar-refractivity contribution in [1.29, 1.82) is 0 Å². The van der Waals surface area contributed by atoms with E-state index in [0.717, 1.165) is 23.1 Å². The number of likely N-dealkylation sites (N-methyl/N-ethyl adjacent to an activating group) is 1. The zero-order chi connectivity index (χ0) is 32.2. The first-order valence-corrected chi connectivity index (χ1v) is 14.3.